The van der Waals surface area contributed by atoms with Crippen molar-refractivity contribution < 1.29 is 0 Å². The van der Waals surface area contributed by atoms with Crippen molar-refractivity contribution in [1.29, 1.82) is 0 Å². The highest BCUT2D eigenvalue weighted by Crippen LogP contribution is 2.21. The van der Waals surface area contributed by atoms with Crippen molar-refractivity contribution in [2.24, 2.45) is 5.73 Å². The zero-order valence-corrected chi connectivity index (χ0v) is 11.6. The molecule has 2 N–H and O–H groups in total. The summed E-state index contributed by atoms with van der Waals surface area (Å²) in [4.78, 5) is 4.23. The highest BCUT2D eigenvalue weighted by molar-refractivity contribution is 7.98. The first-order valence-corrected chi connectivity index (χ1v) is 6.91. The first-order chi connectivity index (χ1) is 8.70. The quantitative estimate of drug-likeness (QED) is 0.670. The van der Waals surface area contributed by atoms with E-state index in [2.05, 4.69) is 15.2 Å². The summed E-state index contributed by atoms with van der Waals surface area (Å²) in [6, 6.07) is 5.59. The molecule has 0 aliphatic rings. The average Bonchev–Trinajstić information content (AvgIpc) is 2.69. The lowest BCUT2D eigenvalue weighted by Crippen LogP contribution is -2.12. The number of nitrogens with zero attached hydrogens (tertiary/aromatic N) is 4. The molecule has 0 aromatic carbocycles. The van der Waals surface area contributed by atoms with Gasteiger partial charge in [-0.05, 0) is 19.1 Å². The first-order valence-electron chi connectivity index (χ1n) is 5.55. The fourth-order valence-electron chi connectivity index (χ4n) is 1.52. The molecule has 96 valence electrons. The molecule has 0 radical (unpaired) electrons. The van der Waals surface area contributed by atoms with Crippen LogP contribution >= 0.6 is 23.4 Å². The number of hydrogen-bond acceptors (Lipinski definition) is 5. The van der Waals surface area contributed by atoms with Crippen LogP contribution in [-0.4, -0.2) is 26.3 Å². The van der Waals surface area contributed by atoms with E-state index in [1.165, 1.54) is 0 Å². The molecule has 2 heterocycles. The zero-order chi connectivity index (χ0) is 13.0. The van der Waals surface area contributed by atoms with Gasteiger partial charge in [-0.15, -0.1) is 10.2 Å². The standard InChI is InChI=1S/C11H14ClN5S/c1-8-15-16-11(17(8)6-5-13)18-7-9-3-2-4-10(12)14-9/h2-4H,5-7,13H2,1H3. The monoisotopic (exact) mass is 283 g/mol. The molecule has 0 amide bonds. The maximum atomic E-state index is 5.84. The van der Waals surface area contributed by atoms with Crippen molar-refractivity contribution in [1.82, 2.24) is 19.7 Å². The molecule has 7 heteroatoms. The molecule has 0 bridgehead atoms. The minimum Gasteiger partial charge on any atom is -0.329 e. The van der Waals surface area contributed by atoms with Gasteiger partial charge in [0, 0.05) is 18.8 Å². The molecule has 0 atom stereocenters. The third-order valence-electron chi connectivity index (χ3n) is 2.38. The fourth-order valence-corrected chi connectivity index (χ4v) is 2.62. The van der Waals surface area contributed by atoms with Crippen LogP contribution < -0.4 is 5.73 Å². The van der Waals surface area contributed by atoms with E-state index in [1.807, 2.05) is 23.6 Å². The summed E-state index contributed by atoms with van der Waals surface area (Å²) in [5.74, 6) is 1.59. The third-order valence-corrected chi connectivity index (χ3v) is 3.59. The van der Waals surface area contributed by atoms with E-state index >= 15 is 0 Å². The van der Waals surface area contributed by atoms with Crippen molar-refractivity contribution in [3.63, 3.8) is 0 Å². The van der Waals surface area contributed by atoms with Gasteiger partial charge in [0.1, 0.15) is 11.0 Å². The number of hydrogen-bond donors (Lipinski definition) is 1. The van der Waals surface area contributed by atoms with E-state index in [9.17, 15) is 0 Å². The second-order valence-electron chi connectivity index (χ2n) is 3.71. The van der Waals surface area contributed by atoms with Crippen LogP contribution in [0.5, 0.6) is 0 Å². The number of aryl methyl sites for hydroxylation is 1. The number of pyridine rings is 1. The van der Waals surface area contributed by atoms with Gasteiger partial charge in [0.2, 0.25) is 0 Å². The van der Waals surface area contributed by atoms with E-state index in [0.29, 0.717) is 17.5 Å². The number of rotatable bonds is 5. The van der Waals surface area contributed by atoms with E-state index in [-0.39, 0.29) is 0 Å². The normalized spacial score (nSPS) is 10.8. The Balaban J connectivity index is 2.06. The van der Waals surface area contributed by atoms with Crippen molar-refractivity contribution in [2.75, 3.05) is 6.54 Å². The van der Waals surface area contributed by atoms with Crippen LogP contribution in [0.3, 0.4) is 0 Å². The van der Waals surface area contributed by atoms with Gasteiger partial charge in [-0.1, -0.05) is 29.4 Å². The molecule has 0 aliphatic carbocycles. The van der Waals surface area contributed by atoms with Crippen LogP contribution in [0.1, 0.15) is 11.5 Å². The van der Waals surface area contributed by atoms with Crippen LogP contribution in [-0.2, 0) is 12.3 Å². The highest BCUT2D eigenvalue weighted by Gasteiger charge is 2.09. The Morgan fingerprint density at radius 2 is 2.22 bits per heavy atom. The SMILES string of the molecule is Cc1nnc(SCc2cccc(Cl)n2)n1CCN. The van der Waals surface area contributed by atoms with E-state index in [4.69, 9.17) is 17.3 Å². The summed E-state index contributed by atoms with van der Waals surface area (Å²) >= 11 is 7.42. The van der Waals surface area contributed by atoms with E-state index in [0.717, 1.165) is 23.2 Å². The van der Waals surface area contributed by atoms with E-state index < -0.39 is 0 Å². The Kier molecular flexibility index (Phi) is 4.57. The van der Waals surface area contributed by atoms with Crippen molar-refractivity contribution >= 4 is 23.4 Å². The molecule has 0 fully saturated rings. The summed E-state index contributed by atoms with van der Waals surface area (Å²) < 4.78 is 2.01. The van der Waals surface area contributed by atoms with Gasteiger partial charge in [0.15, 0.2) is 5.16 Å². The molecule has 2 aromatic heterocycles. The van der Waals surface area contributed by atoms with E-state index in [1.54, 1.807) is 17.8 Å². The Hall–Kier alpha value is -1.11. The summed E-state index contributed by atoms with van der Waals surface area (Å²) in [7, 11) is 0. The van der Waals surface area contributed by atoms with Gasteiger partial charge in [-0.3, -0.25) is 0 Å². The van der Waals surface area contributed by atoms with Gasteiger partial charge < -0.3 is 10.3 Å². The maximum Gasteiger partial charge on any atom is 0.191 e. The summed E-state index contributed by atoms with van der Waals surface area (Å²) in [6.07, 6.45) is 0. The molecule has 0 spiro atoms. The van der Waals surface area contributed by atoms with Gasteiger partial charge in [0.05, 0.1) is 5.69 Å². The van der Waals surface area contributed by atoms with Crippen LogP contribution in [0, 0.1) is 6.92 Å². The molecular formula is C11H14ClN5S. The Labute approximate surface area is 115 Å². The van der Waals surface area contributed by atoms with Crippen molar-refractivity contribution in [3.05, 3.63) is 34.9 Å². The topological polar surface area (TPSA) is 69.6 Å². The average molecular weight is 284 g/mol. The largest absolute Gasteiger partial charge is 0.329 e. The van der Waals surface area contributed by atoms with Crippen molar-refractivity contribution in [3.8, 4) is 0 Å². The molecule has 0 saturated carbocycles. The molecule has 0 aliphatic heterocycles. The van der Waals surface area contributed by atoms with Gasteiger partial charge >= 0.3 is 0 Å². The molecule has 2 aromatic rings. The summed E-state index contributed by atoms with van der Waals surface area (Å²) in [5, 5.41) is 9.55. The van der Waals surface area contributed by atoms with Gasteiger partial charge in [-0.25, -0.2) is 4.98 Å². The number of halogens is 1. The summed E-state index contributed by atoms with van der Waals surface area (Å²) in [6.45, 7) is 3.22. The summed E-state index contributed by atoms with van der Waals surface area (Å²) in [5.41, 5.74) is 6.49. The Morgan fingerprint density at radius 1 is 1.39 bits per heavy atom. The highest BCUT2D eigenvalue weighted by atomic mass is 35.5. The van der Waals surface area contributed by atoms with Crippen LogP contribution in [0.25, 0.3) is 0 Å². The fraction of sp³-hybridized carbons (Fsp3) is 0.364. The van der Waals surface area contributed by atoms with Crippen LogP contribution in [0.2, 0.25) is 5.15 Å². The minimum atomic E-state index is 0.507. The maximum absolute atomic E-state index is 5.84. The number of aromatic nitrogens is 4. The molecule has 2 rings (SSSR count). The molecule has 0 saturated heterocycles. The van der Waals surface area contributed by atoms with Gasteiger partial charge in [0.25, 0.3) is 0 Å². The van der Waals surface area contributed by atoms with Crippen molar-refractivity contribution in [2.45, 2.75) is 24.4 Å². The first kappa shape index (κ1) is 13.3. The van der Waals surface area contributed by atoms with Gasteiger partial charge in [-0.2, -0.15) is 0 Å². The number of thioether (sulfide) groups is 1. The number of nitrogens with two attached hydrogens (primary N) is 1. The minimum absolute atomic E-state index is 0.507. The second kappa shape index (κ2) is 6.17. The Morgan fingerprint density at radius 3 is 2.94 bits per heavy atom. The lowest BCUT2D eigenvalue weighted by atomic mass is 10.4. The van der Waals surface area contributed by atoms with Crippen LogP contribution in [0.4, 0.5) is 0 Å². The van der Waals surface area contributed by atoms with Crippen LogP contribution in [0.15, 0.2) is 23.4 Å². The molecule has 18 heavy (non-hydrogen) atoms. The molecule has 5 nitrogen and oxygen atoms in total. The Bertz CT molecular complexity index is 528. The smallest absolute Gasteiger partial charge is 0.191 e. The third kappa shape index (κ3) is 3.22. The predicted octanol–water partition coefficient (Wildman–Crippen LogP) is 1.89. The zero-order valence-electron chi connectivity index (χ0n) is 10.0. The predicted molar refractivity (Wildman–Crippen MR) is 72.6 cm³/mol. The molecular weight excluding hydrogens is 270 g/mol. The lowest BCUT2D eigenvalue weighted by Gasteiger charge is -2.06. The second-order valence-corrected chi connectivity index (χ2v) is 5.04. The lowest BCUT2D eigenvalue weighted by molar-refractivity contribution is 0.627. The molecule has 0 unspecified atom stereocenters.